The summed E-state index contributed by atoms with van der Waals surface area (Å²) in [5.74, 6) is -2.49. The van der Waals surface area contributed by atoms with E-state index in [0.29, 0.717) is 24.2 Å². The highest BCUT2D eigenvalue weighted by molar-refractivity contribution is 6.14. The van der Waals surface area contributed by atoms with Gasteiger partial charge in [0.15, 0.2) is 0 Å². The van der Waals surface area contributed by atoms with Crippen molar-refractivity contribution in [3.8, 4) is 5.88 Å². The van der Waals surface area contributed by atoms with Gasteiger partial charge in [-0.1, -0.05) is 6.92 Å². The van der Waals surface area contributed by atoms with Gasteiger partial charge in [-0.2, -0.15) is 13.2 Å². The minimum Gasteiger partial charge on any atom is -0.475 e. The topological polar surface area (TPSA) is 103 Å². The molecule has 31 heavy (non-hydrogen) atoms. The smallest absolute Gasteiger partial charge is 0.454 e. The normalized spacial score (nSPS) is 14.3. The molecule has 3 aromatic rings. The first-order valence-corrected chi connectivity index (χ1v) is 9.52. The van der Waals surface area contributed by atoms with E-state index in [1.54, 1.807) is 16.7 Å². The molecule has 0 bridgehead atoms. The highest BCUT2D eigenvalue weighted by atomic mass is 19.4. The zero-order chi connectivity index (χ0) is 22.3. The van der Waals surface area contributed by atoms with Gasteiger partial charge in [-0.3, -0.25) is 9.59 Å². The summed E-state index contributed by atoms with van der Waals surface area (Å²) in [7, 11) is 0. The predicted octanol–water partition coefficient (Wildman–Crippen LogP) is 3.21. The average Bonchev–Trinajstić information content (AvgIpc) is 2.97. The molecule has 11 heteroatoms. The molecule has 2 N–H and O–H groups in total. The van der Waals surface area contributed by atoms with Gasteiger partial charge >= 0.3 is 6.18 Å². The molecule has 0 saturated carbocycles. The van der Waals surface area contributed by atoms with Crippen LogP contribution >= 0.6 is 0 Å². The van der Waals surface area contributed by atoms with Crippen LogP contribution in [0.15, 0.2) is 30.7 Å². The Labute approximate surface area is 174 Å². The summed E-state index contributed by atoms with van der Waals surface area (Å²) >= 11 is 0. The van der Waals surface area contributed by atoms with E-state index in [1.165, 1.54) is 23.5 Å². The molecule has 0 atom stereocenters. The minimum absolute atomic E-state index is 0.0183. The Morgan fingerprint density at radius 1 is 1.29 bits per heavy atom. The number of Topliss-reactive ketones (excluding diaryl/α,β-unsaturated/α-hetero) is 1. The first kappa shape index (κ1) is 20.6. The number of carbonyl (C=O) groups excluding carboxylic acids is 2. The Morgan fingerprint density at radius 3 is 2.77 bits per heavy atom. The number of nitrogens with two attached hydrogens (primary N) is 1. The number of hydrogen-bond donors (Lipinski definition) is 1. The number of ketones is 1. The number of nitrogens with zero attached hydrogens (tertiary/aromatic N) is 4. The molecule has 0 radical (unpaired) electrons. The molecule has 8 nitrogen and oxygen atoms in total. The van der Waals surface area contributed by atoms with Gasteiger partial charge in [-0.15, -0.1) is 0 Å². The molecule has 0 saturated heterocycles. The van der Waals surface area contributed by atoms with Crippen LogP contribution < -0.4 is 15.4 Å². The lowest BCUT2D eigenvalue weighted by Gasteiger charge is -2.20. The van der Waals surface area contributed by atoms with E-state index in [-0.39, 0.29) is 35.8 Å². The molecule has 0 aliphatic carbocycles. The van der Waals surface area contributed by atoms with Gasteiger partial charge in [0.1, 0.15) is 24.3 Å². The molecule has 2 aromatic heterocycles. The van der Waals surface area contributed by atoms with Crippen molar-refractivity contribution in [1.82, 2.24) is 14.5 Å². The molecule has 1 aliphatic rings. The Bertz CT molecular complexity index is 1190. The van der Waals surface area contributed by atoms with Gasteiger partial charge in [-0.05, 0) is 24.6 Å². The Balaban J connectivity index is 1.84. The van der Waals surface area contributed by atoms with E-state index in [4.69, 9.17) is 10.5 Å². The molecule has 3 heterocycles. The van der Waals surface area contributed by atoms with Gasteiger partial charge in [-0.25, -0.2) is 9.97 Å². The first-order valence-electron chi connectivity index (χ1n) is 9.52. The maximum atomic E-state index is 13.2. The van der Waals surface area contributed by atoms with E-state index >= 15 is 0 Å². The minimum atomic E-state index is -5.02. The van der Waals surface area contributed by atoms with Crippen molar-refractivity contribution in [3.05, 3.63) is 41.9 Å². The number of fused-ring (bicyclic) bond motifs is 2. The number of hydrogen-bond acceptors (Lipinski definition) is 6. The summed E-state index contributed by atoms with van der Waals surface area (Å²) in [5.41, 5.74) is 6.13. The van der Waals surface area contributed by atoms with Crippen LogP contribution in [0.4, 0.5) is 24.7 Å². The molecule has 0 fully saturated rings. The van der Waals surface area contributed by atoms with Crippen molar-refractivity contribution < 1.29 is 27.5 Å². The first-order chi connectivity index (χ1) is 14.7. The van der Waals surface area contributed by atoms with Crippen molar-refractivity contribution in [2.45, 2.75) is 26.1 Å². The Morgan fingerprint density at radius 2 is 2.06 bits per heavy atom. The van der Waals surface area contributed by atoms with Crippen molar-refractivity contribution in [3.63, 3.8) is 0 Å². The second kappa shape index (κ2) is 7.56. The monoisotopic (exact) mass is 433 g/mol. The number of anilines is 2. The number of benzene rings is 1. The number of carbonyl (C=O) groups is 2. The fourth-order valence-electron chi connectivity index (χ4n) is 3.62. The highest BCUT2D eigenvalue weighted by Gasteiger charge is 2.41. The number of aryl methyl sites for hydroxylation is 1. The third-order valence-corrected chi connectivity index (χ3v) is 5.00. The summed E-state index contributed by atoms with van der Waals surface area (Å²) in [6.07, 6.45) is -1.96. The maximum absolute atomic E-state index is 13.2. The molecule has 0 unspecified atom stereocenters. The van der Waals surface area contributed by atoms with E-state index in [9.17, 15) is 22.8 Å². The SMILES string of the molecule is CCCn1cc(C(=O)C(F)(F)F)c2cc(N3CCOc4ncnc(N)c4C3=O)ccc21. The third kappa shape index (κ3) is 3.56. The second-order valence-electron chi connectivity index (χ2n) is 7.01. The molecular weight excluding hydrogens is 415 g/mol. The predicted molar refractivity (Wildman–Crippen MR) is 106 cm³/mol. The zero-order valence-corrected chi connectivity index (χ0v) is 16.4. The van der Waals surface area contributed by atoms with Crippen molar-refractivity contribution >= 4 is 34.1 Å². The van der Waals surface area contributed by atoms with E-state index in [0.717, 1.165) is 0 Å². The van der Waals surface area contributed by atoms with Gasteiger partial charge in [0.25, 0.3) is 11.7 Å². The van der Waals surface area contributed by atoms with Crippen molar-refractivity contribution in [2.24, 2.45) is 0 Å². The molecule has 1 aliphatic heterocycles. The Kier molecular flexibility index (Phi) is 5.03. The lowest BCUT2D eigenvalue weighted by Crippen LogP contribution is -2.32. The van der Waals surface area contributed by atoms with Gasteiger partial charge < -0.3 is 19.9 Å². The van der Waals surface area contributed by atoms with Gasteiger partial charge in [0.2, 0.25) is 5.88 Å². The summed E-state index contributed by atoms with van der Waals surface area (Å²) in [6.45, 7) is 2.53. The average molecular weight is 433 g/mol. The fourth-order valence-corrected chi connectivity index (χ4v) is 3.62. The van der Waals surface area contributed by atoms with Gasteiger partial charge in [0.05, 0.1) is 12.1 Å². The molecule has 4 rings (SSSR count). The zero-order valence-electron chi connectivity index (χ0n) is 16.4. The van der Waals surface area contributed by atoms with Crippen LogP contribution in [-0.2, 0) is 6.54 Å². The molecule has 1 aromatic carbocycles. The second-order valence-corrected chi connectivity index (χ2v) is 7.01. The quantitative estimate of drug-likeness (QED) is 0.634. The molecular formula is C20H18F3N5O3. The molecule has 162 valence electrons. The highest BCUT2D eigenvalue weighted by Crippen LogP contribution is 2.33. The number of rotatable bonds is 4. The lowest BCUT2D eigenvalue weighted by molar-refractivity contribution is -0.0884. The summed E-state index contributed by atoms with van der Waals surface area (Å²) in [4.78, 5) is 34.2. The fraction of sp³-hybridized carbons (Fsp3) is 0.300. The van der Waals surface area contributed by atoms with Crippen molar-refractivity contribution in [1.29, 1.82) is 0 Å². The standard InChI is InChI=1S/C20H18F3N5O3/c1-2-5-27-9-13(16(29)20(21,22)23)12-8-11(3-4-14(12)27)28-6-7-31-18-15(19(28)30)17(24)25-10-26-18/h3-4,8-10H,2,5-7H2,1H3,(H2,24,25,26). The summed E-state index contributed by atoms with van der Waals surface area (Å²) in [6, 6.07) is 4.61. The van der Waals surface area contributed by atoms with Crippen LogP contribution in [0, 0.1) is 0 Å². The number of aromatic nitrogens is 3. The molecule has 0 spiro atoms. The van der Waals surface area contributed by atoms with E-state index < -0.39 is 23.4 Å². The number of alkyl halides is 3. The third-order valence-electron chi connectivity index (χ3n) is 5.00. The van der Waals surface area contributed by atoms with Crippen LogP contribution in [0.2, 0.25) is 0 Å². The van der Waals surface area contributed by atoms with Gasteiger partial charge in [0, 0.05) is 29.3 Å². The van der Waals surface area contributed by atoms with Crippen LogP contribution in [0.25, 0.3) is 10.9 Å². The van der Waals surface area contributed by atoms with Crippen LogP contribution in [0.5, 0.6) is 5.88 Å². The van der Waals surface area contributed by atoms with E-state index in [1.807, 2.05) is 6.92 Å². The number of ether oxygens (including phenoxy) is 1. The summed E-state index contributed by atoms with van der Waals surface area (Å²) in [5, 5.41) is 0.115. The number of nitrogen functional groups attached to an aromatic ring is 1. The van der Waals surface area contributed by atoms with Crippen LogP contribution in [-0.4, -0.2) is 45.6 Å². The van der Waals surface area contributed by atoms with Crippen LogP contribution in [0.3, 0.4) is 0 Å². The summed E-state index contributed by atoms with van der Waals surface area (Å²) < 4.78 is 46.6. The van der Waals surface area contributed by atoms with Crippen LogP contribution in [0.1, 0.15) is 34.1 Å². The maximum Gasteiger partial charge on any atom is 0.454 e. The van der Waals surface area contributed by atoms with Crippen molar-refractivity contribution in [2.75, 3.05) is 23.8 Å². The van der Waals surface area contributed by atoms with E-state index in [2.05, 4.69) is 9.97 Å². The largest absolute Gasteiger partial charge is 0.475 e. The Hall–Kier alpha value is -3.63. The lowest BCUT2D eigenvalue weighted by atomic mass is 10.1. The number of amides is 1. The number of halogens is 3. The molecule has 1 amide bonds.